The van der Waals surface area contributed by atoms with E-state index in [0.717, 1.165) is 53.6 Å². The molecule has 0 amide bonds. The van der Waals surface area contributed by atoms with Crippen LogP contribution in [0.3, 0.4) is 0 Å². The van der Waals surface area contributed by atoms with Gasteiger partial charge >= 0.3 is 0 Å². The second-order valence-electron chi connectivity index (χ2n) is 14.1. The summed E-state index contributed by atoms with van der Waals surface area (Å²) >= 11 is 1.69. The number of hydrogen-bond acceptors (Lipinski definition) is 4. The van der Waals surface area contributed by atoms with E-state index in [1.807, 2.05) is 36.4 Å². The molecule has 0 N–H and O–H groups in total. The summed E-state index contributed by atoms with van der Waals surface area (Å²) in [7, 11) is 0. The van der Waals surface area contributed by atoms with E-state index in [0.29, 0.717) is 22.8 Å². The number of aromatic nitrogens is 5. The molecule has 6 heteroatoms. The van der Waals surface area contributed by atoms with Crippen LogP contribution in [-0.4, -0.2) is 24.1 Å². The molecule has 0 aliphatic heterocycles. The normalized spacial score (nSPS) is 13.1. The summed E-state index contributed by atoms with van der Waals surface area (Å²) in [6, 6.07) is 52.5. The van der Waals surface area contributed by atoms with Gasteiger partial charge < -0.3 is 9.13 Å². The molecule has 0 radical (unpaired) electrons. The fourth-order valence-electron chi connectivity index (χ4n) is 8.37. The van der Waals surface area contributed by atoms with Crippen LogP contribution in [0.15, 0.2) is 188 Å². The maximum atomic E-state index is 8.71. The Morgan fingerprint density at radius 1 is 0.404 bits per heavy atom. The molecule has 0 aliphatic carbocycles. The molecule has 0 bridgehead atoms. The SMILES string of the molecule is [2H]c1c([2H])c([2H])c(-c2nc(-c3ccccc3)nc(-c3ccc4c(c3)sc3cccc(-n5c6ccccc6c6cc7c(cc65)c5ccccc5n7-c5ccccc5)c34)n2)c([2H])c1[2H]. The molecule has 4 aromatic heterocycles. The first-order valence-corrected chi connectivity index (χ1v) is 19.5. The number of fused-ring (bicyclic) bond motifs is 9. The van der Waals surface area contributed by atoms with Crippen LogP contribution in [0.4, 0.5) is 0 Å². The van der Waals surface area contributed by atoms with Crippen LogP contribution in [-0.2, 0) is 0 Å². The third kappa shape index (κ3) is 4.98. The van der Waals surface area contributed by atoms with Gasteiger partial charge in [0.2, 0.25) is 0 Å². The van der Waals surface area contributed by atoms with Gasteiger partial charge in [0.25, 0.3) is 0 Å². The van der Waals surface area contributed by atoms with E-state index < -0.39 is 18.1 Å². The number of nitrogens with zero attached hydrogens (tertiary/aromatic N) is 5. The largest absolute Gasteiger partial charge is 0.309 e. The van der Waals surface area contributed by atoms with Gasteiger partial charge in [0, 0.05) is 64.1 Å². The minimum Gasteiger partial charge on any atom is -0.309 e. The molecule has 0 saturated heterocycles. The minimum absolute atomic E-state index is 0.0111. The van der Waals surface area contributed by atoms with E-state index in [-0.39, 0.29) is 23.5 Å². The summed E-state index contributed by atoms with van der Waals surface area (Å²) in [5.74, 6) is 0.682. The highest BCUT2D eigenvalue weighted by Gasteiger charge is 2.21. The Morgan fingerprint density at radius 2 is 1.00 bits per heavy atom. The molecule has 4 heterocycles. The van der Waals surface area contributed by atoms with Crippen LogP contribution in [0, 0.1) is 0 Å². The lowest BCUT2D eigenvalue weighted by molar-refractivity contribution is 1.07. The van der Waals surface area contributed by atoms with Gasteiger partial charge in [-0.15, -0.1) is 11.3 Å². The highest BCUT2D eigenvalue weighted by molar-refractivity contribution is 7.26. The number of para-hydroxylation sites is 3. The Labute approximate surface area is 338 Å². The van der Waals surface area contributed by atoms with E-state index >= 15 is 0 Å². The number of benzene rings is 8. The molecule has 57 heavy (non-hydrogen) atoms. The second-order valence-corrected chi connectivity index (χ2v) is 15.1. The quantitative estimate of drug-likeness (QED) is 0.176. The van der Waals surface area contributed by atoms with E-state index in [2.05, 4.69) is 135 Å². The topological polar surface area (TPSA) is 48.5 Å². The predicted molar refractivity (Wildman–Crippen MR) is 238 cm³/mol. The Bertz CT molecular complexity index is 3790. The molecule has 0 atom stereocenters. The fraction of sp³-hybridized carbons (Fsp3) is 0. The van der Waals surface area contributed by atoms with Crippen LogP contribution < -0.4 is 0 Å². The zero-order chi connectivity index (χ0) is 41.8. The van der Waals surface area contributed by atoms with Crippen molar-refractivity contribution in [2.45, 2.75) is 0 Å². The monoisotopic (exact) mass is 750 g/mol. The van der Waals surface area contributed by atoms with Crippen LogP contribution in [0.25, 0.3) is 109 Å². The molecule has 0 unspecified atom stereocenters. The summed E-state index contributed by atoms with van der Waals surface area (Å²) in [6.07, 6.45) is 0. The predicted octanol–water partition coefficient (Wildman–Crippen LogP) is 13.4. The molecule has 12 aromatic rings. The van der Waals surface area contributed by atoms with E-state index in [1.165, 1.54) is 21.5 Å². The van der Waals surface area contributed by atoms with Crippen molar-refractivity contribution in [2.24, 2.45) is 0 Å². The van der Waals surface area contributed by atoms with Crippen molar-refractivity contribution in [3.63, 3.8) is 0 Å². The third-order valence-corrected chi connectivity index (χ3v) is 12.0. The summed E-state index contributed by atoms with van der Waals surface area (Å²) in [5, 5.41) is 6.94. The molecule has 0 spiro atoms. The highest BCUT2D eigenvalue weighted by atomic mass is 32.1. The van der Waals surface area contributed by atoms with Crippen molar-refractivity contribution in [1.82, 2.24) is 24.1 Å². The van der Waals surface area contributed by atoms with Crippen molar-refractivity contribution < 1.29 is 6.85 Å². The van der Waals surface area contributed by atoms with Gasteiger partial charge in [-0.1, -0.05) is 133 Å². The van der Waals surface area contributed by atoms with E-state index in [1.54, 1.807) is 11.3 Å². The Morgan fingerprint density at radius 3 is 1.72 bits per heavy atom. The zero-order valence-electron chi connectivity index (χ0n) is 35.2. The minimum atomic E-state index is -0.472. The van der Waals surface area contributed by atoms with Crippen molar-refractivity contribution in [2.75, 3.05) is 0 Å². The smallest absolute Gasteiger partial charge is 0.164 e. The average molecular weight is 751 g/mol. The summed E-state index contributed by atoms with van der Waals surface area (Å²) in [4.78, 5) is 14.4. The first-order chi connectivity index (χ1) is 30.3. The number of thiophene rings is 1. The van der Waals surface area contributed by atoms with Gasteiger partial charge in [-0.2, -0.15) is 0 Å². The molecular weight excluding hydrogens is 715 g/mol. The third-order valence-electron chi connectivity index (χ3n) is 10.8. The Kier molecular flexibility index (Phi) is 6.00. The fourth-order valence-corrected chi connectivity index (χ4v) is 9.54. The first kappa shape index (κ1) is 27.2. The van der Waals surface area contributed by atoms with Gasteiger partial charge in [0.15, 0.2) is 17.5 Å². The standard InChI is InChI=1S/C51H31N5S/c1-4-15-32(16-5-1)49-52-50(33-17-6-2-7-18-33)54-51(53-49)34-27-28-38-47(29-34)57-46-26-14-25-43(48(38)46)56-42-24-13-11-22-37(42)40-30-44-39(31-45(40)56)36-21-10-12-23-41(36)55(44)35-19-8-3-9-20-35/h1-31H/i1D,4D,5D,15D,16D. The van der Waals surface area contributed by atoms with Crippen LogP contribution in [0.1, 0.15) is 6.85 Å². The van der Waals surface area contributed by atoms with E-state index in [4.69, 9.17) is 16.8 Å². The van der Waals surface area contributed by atoms with Gasteiger partial charge in [-0.25, -0.2) is 15.0 Å². The van der Waals surface area contributed by atoms with Crippen molar-refractivity contribution in [3.8, 4) is 45.5 Å². The van der Waals surface area contributed by atoms with Crippen molar-refractivity contribution in [3.05, 3.63) is 188 Å². The van der Waals surface area contributed by atoms with Crippen LogP contribution in [0.2, 0.25) is 0 Å². The van der Waals surface area contributed by atoms with E-state index in [9.17, 15) is 0 Å². The lowest BCUT2D eigenvalue weighted by Gasteiger charge is -2.11. The number of rotatable bonds is 5. The molecule has 0 saturated carbocycles. The molecule has 0 aliphatic rings. The highest BCUT2D eigenvalue weighted by Crippen LogP contribution is 2.44. The number of hydrogen-bond donors (Lipinski definition) is 0. The van der Waals surface area contributed by atoms with Gasteiger partial charge in [0.1, 0.15) is 0 Å². The maximum Gasteiger partial charge on any atom is 0.164 e. The Balaban J connectivity index is 1.08. The van der Waals surface area contributed by atoms with Crippen LogP contribution in [0.5, 0.6) is 0 Å². The molecule has 12 rings (SSSR count). The van der Waals surface area contributed by atoms with Crippen LogP contribution >= 0.6 is 11.3 Å². The van der Waals surface area contributed by atoms with Gasteiger partial charge in [-0.05, 0) is 54.6 Å². The van der Waals surface area contributed by atoms with Gasteiger partial charge in [-0.3, -0.25) is 0 Å². The average Bonchev–Trinajstić information content (AvgIpc) is 3.97. The lowest BCUT2D eigenvalue weighted by Crippen LogP contribution is -2.00. The summed E-state index contributed by atoms with van der Waals surface area (Å²) < 4.78 is 49.2. The molecule has 5 nitrogen and oxygen atoms in total. The second kappa shape index (κ2) is 12.6. The first-order valence-electron chi connectivity index (χ1n) is 21.2. The molecule has 8 aromatic carbocycles. The molecule has 266 valence electrons. The lowest BCUT2D eigenvalue weighted by atomic mass is 10.1. The van der Waals surface area contributed by atoms with Gasteiger partial charge in [0.05, 0.1) is 34.6 Å². The zero-order valence-corrected chi connectivity index (χ0v) is 31.0. The maximum absolute atomic E-state index is 8.71. The molecular formula is C51H31N5S. The molecule has 0 fully saturated rings. The Hall–Kier alpha value is -7.41. The van der Waals surface area contributed by atoms with Crippen molar-refractivity contribution in [1.29, 1.82) is 0 Å². The summed E-state index contributed by atoms with van der Waals surface area (Å²) in [6.45, 7) is 0. The summed E-state index contributed by atoms with van der Waals surface area (Å²) in [5.41, 5.74) is 8.11. The van der Waals surface area contributed by atoms with Crippen molar-refractivity contribution >= 4 is 75.1 Å².